The van der Waals surface area contributed by atoms with Crippen molar-refractivity contribution in [2.75, 3.05) is 11.6 Å². The van der Waals surface area contributed by atoms with Crippen LogP contribution in [0.3, 0.4) is 0 Å². The van der Waals surface area contributed by atoms with Crippen LogP contribution >= 0.6 is 11.8 Å². The van der Waals surface area contributed by atoms with Crippen molar-refractivity contribution in [3.63, 3.8) is 0 Å². The SMILES string of the molecule is CSc1ccc(NC(C)CCc2ccc(O)cc2)cc1. The van der Waals surface area contributed by atoms with Gasteiger partial charge >= 0.3 is 0 Å². The number of thioether (sulfide) groups is 1. The van der Waals surface area contributed by atoms with Crippen molar-refractivity contribution in [2.24, 2.45) is 0 Å². The zero-order valence-electron chi connectivity index (χ0n) is 12.0. The molecule has 0 amide bonds. The van der Waals surface area contributed by atoms with Crippen LogP contribution in [0.2, 0.25) is 0 Å². The number of phenolic OH excluding ortho intramolecular Hbond substituents is 1. The summed E-state index contributed by atoms with van der Waals surface area (Å²) in [5, 5.41) is 12.8. The first-order valence-corrected chi connectivity index (χ1v) is 8.08. The van der Waals surface area contributed by atoms with Crippen LogP contribution in [0.1, 0.15) is 18.9 Å². The second-order valence-electron chi connectivity index (χ2n) is 4.98. The fraction of sp³-hybridized carbons (Fsp3) is 0.294. The second kappa shape index (κ2) is 7.25. The monoisotopic (exact) mass is 287 g/mol. The fourth-order valence-electron chi connectivity index (χ4n) is 2.09. The van der Waals surface area contributed by atoms with E-state index < -0.39 is 0 Å². The molecule has 0 bridgehead atoms. The predicted molar refractivity (Wildman–Crippen MR) is 87.7 cm³/mol. The summed E-state index contributed by atoms with van der Waals surface area (Å²) in [5.74, 6) is 0.328. The van der Waals surface area contributed by atoms with Gasteiger partial charge in [-0.2, -0.15) is 0 Å². The molecule has 0 radical (unpaired) electrons. The van der Waals surface area contributed by atoms with Crippen molar-refractivity contribution < 1.29 is 5.11 Å². The average molecular weight is 287 g/mol. The molecule has 3 heteroatoms. The van der Waals surface area contributed by atoms with Gasteiger partial charge in [0.25, 0.3) is 0 Å². The van der Waals surface area contributed by atoms with E-state index in [1.54, 1.807) is 23.9 Å². The van der Waals surface area contributed by atoms with Gasteiger partial charge in [-0.3, -0.25) is 0 Å². The summed E-state index contributed by atoms with van der Waals surface area (Å²) < 4.78 is 0. The molecule has 0 aromatic heterocycles. The molecular weight excluding hydrogens is 266 g/mol. The number of nitrogens with one attached hydrogen (secondary N) is 1. The fourth-order valence-corrected chi connectivity index (χ4v) is 2.50. The first-order chi connectivity index (χ1) is 9.67. The predicted octanol–water partition coefficient (Wildman–Crippen LogP) is 4.55. The van der Waals surface area contributed by atoms with Gasteiger partial charge in [0, 0.05) is 16.6 Å². The number of benzene rings is 2. The minimum absolute atomic E-state index is 0.328. The summed E-state index contributed by atoms with van der Waals surface area (Å²) in [7, 11) is 0. The van der Waals surface area contributed by atoms with E-state index in [2.05, 4.69) is 42.8 Å². The molecule has 2 nitrogen and oxygen atoms in total. The molecule has 20 heavy (non-hydrogen) atoms. The minimum Gasteiger partial charge on any atom is -0.508 e. The zero-order valence-corrected chi connectivity index (χ0v) is 12.8. The summed E-state index contributed by atoms with van der Waals surface area (Å²) >= 11 is 1.76. The molecule has 0 heterocycles. The van der Waals surface area contributed by atoms with Crippen molar-refractivity contribution in [2.45, 2.75) is 30.7 Å². The number of hydrogen-bond acceptors (Lipinski definition) is 3. The summed E-state index contributed by atoms with van der Waals surface area (Å²) in [4.78, 5) is 1.28. The van der Waals surface area contributed by atoms with E-state index >= 15 is 0 Å². The molecule has 2 rings (SSSR count). The Bertz CT molecular complexity index is 522. The smallest absolute Gasteiger partial charge is 0.115 e. The molecule has 0 fully saturated rings. The normalized spacial score (nSPS) is 12.1. The number of rotatable bonds is 6. The largest absolute Gasteiger partial charge is 0.508 e. The van der Waals surface area contributed by atoms with Crippen LogP contribution in [0.4, 0.5) is 5.69 Å². The Kier molecular flexibility index (Phi) is 5.36. The molecule has 2 aromatic rings. The molecular formula is C17H21NOS. The van der Waals surface area contributed by atoms with E-state index in [0.29, 0.717) is 11.8 Å². The lowest BCUT2D eigenvalue weighted by Crippen LogP contribution is -2.15. The maximum atomic E-state index is 9.26. The van der Waals surface area contributed by atoms with E-state index in [1.165, 1.54) is 16.1 Å². The third-order valence-electron chi connectivity index (χ3n) is 3.31. The average Bonchev–Trinajstić information content (AvgIpc) is 2.47. The molecule has 1 atom stereocenters. The third kappa shape index (κ3) is 4.49. The highest BCUT2D eigenvalue weighted by Gasteiger charge is 2.03. The molecule has 0 saturated heterocycles. The maximum absolute atomic E-state index is 9.26. The molecule has 0 aliphatic heterocycles. The van der Waals surface area contributed by atoms with Gasteiger partial charge in [0.05, 0.1) is 0 Å². The Balaban J connectivity index is 1.82. The molecule has 0 saturated carbocycles. The molecule has 0 aliphatic carbocycles. The first kappa shape index (κ1) is 14.8. The lowest BCUT2D eigenvalue weighted by Gasteiger charge is -2.15. The molecule has 2 aromatic carbocycles. The summed E-state index contributed by atoms with van der Waals surface area (Å²) in [6, 6.07) is 16.4. The van der Waals surface area contributed by atoms with Gasteiger partial charge < -0.3 is 10.4 Å². The van der Waals surface area contributed by atoms with Crippen LogP contribution in [0, 0.1) is 0 Å². The van der Waals surface area contributed by atoms with E-state index in [-0.39, 0.29) is 0 Å². The topological polar surface area (TPSA) is 32.3 Å². The van der Waals surface area contributed by atoms with Crippen LogP contribution < -0.4 is 5.32 Å². The van der Waals surface area contributed by atoms with E-state index in [0.717, 1.165) is 12.8 Å². The number of phenols is 1. The van der Waals surface area contributed by atoms with Crippen molar-refractivity contribution in [1.29, 1.82) is 0 Å². The quantitative estimate of drug-likeness (QED) is 0.765. The zero-order chi connectivity index (χ0) is 14.4. The van der Waals surface area contributed by atoms with E-state index in [9.17, 15) is 5.11 Å². The summed E-state index contributed by atoms with van der Waals surface area (Å²) in [6.45, 7) is 2.20. The Hall–Kier alpha value is -1.61. The molecule has 1 unspecified atom stereocenters. The van der Waals surface area contributed by atoms with Crippen LogP contribution in [0.15, 0.2) is 53.4 Å². The maximum Gasteiger partial charge on any atom is 0.115 e. The lowest BCUT2D eigenvalue weighted by molar-refractivity contribution is 0.475. The molecule has 2 N–H and O–H groups in total. The summed E-state index contributed by atoms with van der Waals surface area (Å²) in [5.41, 5.74) is 2.43. The van der Waals surface area contributed by atoms with Gasteiger partial charge in [0.2, 0.25) is 0 Å². The Morgan fingerprint density at radius 3 is 2.30 bits per heavy atom. The van der Waals surface area contributed by atoms with Crippen molar-refractivity contribution in [3.8, 4) is 5.75 Å². The highest BCUT2D eigenvalue weighted by molar-refractivity contribution is 7.98. The lowest BCUT2D eigenvalue weighted by atomic mass is 10.1. The number of aryl methyl sites for hydroxylation is 1. The van der Waals surface area contributed by atoms with Gasteiger partial charge in [-0.25, -0.2) is 0 Å². The van der Waals surface area contributed by atoms with Gasteiger partial charge in [0.15, 0.2) is 0 Å². The Morgan fingerprint density at radius 2 is 1.70 bits per heavy atom. The van der Waals surface area contributed by atoms with Crippen LogP contribution in [0.25, 0.3) is 0 Å². The van der Waals surface area contributed by atoms with Crippen molar-refractivity contribution >= 4 is 17.4 Å². The molecule has 0 spiro atoms. The van der Waals surface area contributed by atoms with Crippen LogP contribution in [-0.2, 0) is 6.42 Å². The Morgan fingerprint density at radius 1 is 1.05 bits per heavy atom. The highest BCUT2D eigenvalue weighted by atomic mass is 32.2. The van der Waals surface area contributed by atoms with Gasteiger partial charge in [-0.15, -0.1) is 11.8 Å². The summed E-state index contributed by atoms with van der Waals surface area (Å²) in [6.07, 6.45) is 4.16. The van der Waals surface area contributed by atoms with Crippen molar-refractivity contribution in [1.82, 2.24) is 0 Å². The number of hydrogen-bond donors (Lipinski definition) is 2. The number of anilines is 1. The minimum atomic E-state index is 0.328. The van der Waals surface area contributed by atoms with Crippen LogP contribution in [-0.4, -0.2) is 17.4 Å². The molecule has 106 valence electrons. The highest BCUT2D eigenvalue weighted by Crippen LogP contribution is 2.19. The van der Waals surface area contributed by atoms with Crippen molar-refractivity contribution in [3.05, 3.63) is 54.1 Å². The Labute approximate surface area is 125 Å². The first-order valence-electron chi connectivity index (χ1n) is 6.86. The van der Waals surface area contributed by atoms with Gasteiger partial charge in [-0.1, -0.05) is 12.1 Å². The third-order valence-corrected chi connectivity index (χ3v) is 4.05. The number of aromatic hydroxyl groups is 1. The van der Waals surface area contributed by atoms with Crippen LogP contribution in [0.5, 0.6) is 5.75 Å². The van der Waals surface area contributed by atoms with E-state index in [4.69, 9.17) is 0 Å². The standard InChI is InChI=1S/C17H21NOS/c1-13(3-4-14-5-9-16(19)10-6-14)18-15-7-11-17(20-2)12-8-15/h5-13,18-19H,3-4H2,1-2H3. The van der Waals surface area contributed by atoms with Gasteiger partial charge in [0.1, 0.15) is 5.75 Å². The molecule has 0 aliphatic rings. The second-order valence-corrected chi connectivity index (χ2v) is 5.86. The van der Waals surface area contributed by atoms with Gasteiger partial charge in [-0.05, 0) is 68.0 Å². The van der Waals surface area contributed by atoms with E-state index in [1.807, 2.05) is 12.1 Å².